The van der Waals surface area contributed by atoms with E-state index in [0.29, 0.717) is 13.2 Å². The Morgan fingerprint density at radius 3 is 2.89 bits per heavy atom. The molecule has 0 aromatic rings. The number of carbonyl (C=O) groups excluding carboxylic acids is 1. The van der Waals surface area contributed by atoms with E-state index in [-0.39, 0.29) is 11.9 Å². The van der Waals surface area contributed by atoms with Gasteiger partial charge in [0.1, 0.15) is 0 Å². The van der Waals surface area contributed by atoms with Crippen LogP contribution in [0.15, 0.2) is 0 Å². The Labute approximate surface area is 111 Å². The summed E-state index contributed by atoms with van der Waals surface area (Å²) in [6.45, 7) is 6.22. The molecule has 0 bridgehead atoms. The van der Waals surface area contributed by atoms with Crippen molar-refractivity contribution in [2.24, 2.45) is 11.8 Å². The number of hydrogen-bond donors (Lipinski definition) is 2. The topological polar surface area (TPSA) is 50.4 Å². The number of nitrogens with one attached hydrogen (secondary N) is 2. The summed E-state index contributed by atoms with van der Waals surface area (Å²) < 4.78 is 4.98. The van der Waals surface area contributed by atoms with E-state index in [9.17, 15) is 4.79 Å². The first kappa shape index (κ1) is 15.4. The predicted octanol–water partition coefficient (Wildman–Crippen LogP) is 1.55. The second-order valence-corrected chi connectivity index (χ2v) is 5.69. The van der Waals surface area contributed by atoms with Gasteiger partial charge in [-0.3, -0.25) is 4.79 Å². The van der Waals surface area contributed by atoms with E-state index >= 15 is 0 Å². The molecule has 4 nitrogen and oxygen atoms in total. The van der Waals surface area contributed by atoms with Gasteiger partial charge < -0.3 is 15.4 Å². The number of methoxy groups -OCH3 is 1. The fourth-order valence-corrected chi connectivity index (χ4v) is 2.75. The minimum atomic E-state index is 0.0587. The summed E-state index contributed by atoms with van der Waals surface area (Å²) in [5, 5.41) is 6.17. The Kier molecular flexibility index (Phi) is 7.28. The molecule has 0 radical (unpaired) electrons. The summed E-state index contributed by atoms with van der Waals surface area (Å²) in [6, 6.07) is 0.0824. The first-order valence-corrected chi connectivity index (χ1v) is 7.10. The fourth-order valence-electron chi connectivity index (χ4n) is 2.75. The number of carbonyl (C=O) groups is 1. The quantitative estimate of drug-likeness (QED) is 0.726. The van der Waals surface area contributed by atoms with E-state index in [2.05, 4.69) is 17.6 Å². The number of amides is 1. The molecule has 106 valence electrons. The molecule has 3 atom stereocenters. The molecule has 0 heterocycles. The van der Waals surface area contributed by atoms with Crippen molar-refractivity contribution in [3.63, 3.8) is 0 Å². The maximum atomic E-state index is 11.6. The minimum Gasteiger partial charge on any atom is -0.383 e. The molecule has 1 fully saturated rings. The third-order valence-corrected chi connectivity index (χ3v) is 3.59. The highest BCUT2D eigenvalue weighted by atomic mass is 16.5. The van der Waals surface area contributed by atoms with Crippen LogP contribution in [0.3, 0.4) is 0 Å². The first-order valence-electron chi connectivity index (χ1n) is 7.10. The maximum absolute atomic E-state index is 11.6. The molecule has 0 aromatic heterocycles. The molecule has 3 unspecified atom stereocenters. The molecule has 0 aliphatic heterocycles. The third-order valence-electron chi connectivity index (χ3n) is 3.59. The van der Waals surface area contributed by atoms with E-state index in [1.54, 1.807) is 7.11 Å². The van der Waals surface area contributed by atoms with Gasteiger partial charge >= 0.3 is 0 Å². The van der Waals surface area contributed by atoms with Crippen molar-refractivity contribution in [1.29, 1.82) is 0 Å². The van der Waals surface area contributed by atoms with Gasteiger partial charge in [-0.15, -0.1) is 0 Å². The van der Waals surface area contributed by atoms with Crippen molar-refractivity contribution in [3.05, 3.63) is 0 Å². The summed E-state index contributed by atoms with van der Waals surface area (Å²) >= 11 is 0. The molecule has 1 rings (SSSR count). The lowest BCUT2D eigenvalue weighted by Gasteiger charge is -2.26. The summed E-state index contributed by atoms with van der Waals surface area (Å²) in [4.78, 5) is 11.6. The van der Waals surface area contributed by atoms with Gasteiger partial charge in [0, 0.05) is 13.2 Å². The summed E-state index contributed by atoms with van der Waals surface area (Å²) in [5.41, 5.74) is 0. The molecule has 1 aliphatic carbocycles. The van der Waals surface area contributed by atoms with E-state index in [1.165, 1.54) is 25.7 Å². The lowest BCUT2D eigenvalue weighted by Crippen LogP contribution is -2.42. The third kappa shape index (κ3) is 6.36. The molecule has 18 heavy (non-hydrogen) atoms. The molecule has 1 aliphatic rings. The zero-order valence-corrected chi connectivity index (χ0v) is 12.0. The lowest BCUT2D eigenvalue weighted by atomic mass is 9.82. The normalized spacial score (nSPS) is 25.7. The van der Waals surface area contributed by atoms with Gasteiger partial charge in [-0.05, 0) is 38.1 Å². The Hall–Kier alpha value is -0.610. The minimum absolute atomic E-state index is 0.0587. The van der Waals surface area contributed by atoms with Crippen LogP contribution in [0.25, 0.3) is 0 Å². The van der Waals surface area contributed by atoms with Crippen LogP contribution in [0.1, 0.15) is 39.5 Å². The molecular formula is C14H28N2O2. The van der Waals surface area contributed by atoms with Crippen molar-refractivity contribution < 1.29 is 9.53 Å². The monoisotopic (exact) mass is 256 g/mol. The van der Waals surface area contributed by atoms with Crippen LogP contribution in [-0.4, -0.2) is 38.8 Å². The summed E-state index contributed by atoms with van der Waals surface area (Å²) in [6.07, 6.45) is 5.31. The second kappa shape index (κ2) is 8.48. The van der Waals surface area contributed by atoms with Gasteiger partial charge in [0.2, 0.25) is 5.91 Å². The van der Waals surface area contributed by atoms with E-state index in [1.807, 2.05) is 6.92 Å². The van der Waals surface area contributed by atoms with Crippen molar-refractivity contribution in [1.82, 2.24) is 10.6 Å². The van der Waals surface area contributed by atoms with Crippen LogP contribution in [-0.2, 0) is 9.53 Å². The van der Waals surface area contributed by atoms with Crippen molar-refractivity contribution in [2.75, 3.05) is 26.8 Å². The Bertz CT molecular complexity index is 246. The largest absolute Gasteiger partial charge is 0.383 e. The van der Waals surface area contributed by atoms with E-state index in [4.69, 9.17) is 4.74 Å². The van der Waals surface area contributed by atoms with E-state index in [0.717, 1.165) is 18.4 Å². The Morgan fingerprint density at radius 2 is 2.22 bits per heavy atom. The van der Waals surface area contributed by atoms with Gasteiger partial charge in [0.05, 0.1) is 13.2 Å². The van der Waals surface area contributed by atoms with Crippen molar-refractivity contribution in [2.45, 2.75) is 45.6 Å². The Balaban J connectivity index is 2.07. The standard InChI is InChI=1S/C14H28N2O2/c1-11-5-4-6-13(7-11)8-15-9-14(17)16-12(2)10-18-3/h11-13,15H,4-10H2,1-3H3,(H,16,17). The highest BCUT2D eigenvalue weighted by Crippen LogP contribution is 2.27. The smallest absolute Gasteiger partial charge is 0.234 e. The van der Waals surface area contributed by atoms with Crippen LogP contribution in [0.2, 0.25) is 0 Å². The zero-order valence-electron chi connectivity index (χ0n) is 12.0. The van der Waals surface area contributed by atoms with Crippen molar-refractivity contribution in [3.8, 4) is 0 Å². The predicted molar refractivity (Wildman–Crippen MR) is 73.5 cm³/mol. The SMILES string of the molecule is COCC(C)NC(=O)CNCC1CCCC(C)C1. The second-order valence-electron chi connectivity index (χ2n) is 5.69. The lowest BCUT2D eigenvalue weighted by molar-refractivity contribution is -0.121. The average Bonchev–Trinajstić information content (AvgIpc) is 2.29. The highest BCUT2D eigenvalue weighted by Gasteiger charge is 2.18. The number of hydrogen-bond acceptors (Lipinski definition) is 3. The molecule has 1 saturated carbocycles. The van der Waals surface area contributed by atoms with E-state index < -0.39 is 0 Å². The van der Waals surface area contributed by atoms with Crippen LogP contribution in [0.5, 0.6) is 0 Å². The maximum Gasteiger partial charge on any atom is 0.234 e. The molecular weight excluding hydrogens is 228 g/mol. The summed E-state index contributed by atoms with van der Waals surface area (Å²) in [7, 11) is 1.64. The zero-order chi connectivity index (χ0) is 13.4. The van der Waals surface area contributed by atoms with Gasteiger partial charge in [-0.1, -0.05) is 19.8 Å². The number of rotatable bonds is 7. The van der Waals surface area contributed by atoms with Gasteiger partial charge in [0.25, 0.3) is 0 Å². The highest BCUT2D eigenvalue weighted by molar-refractivity contribution is 5.78. The van der Waals surface area contributed by atoms with Crippen LogP contribution >= 0.6 is 0 Å². The molecule has 0 spiro atoms. The van der Waals surface area contributed by atoms with Gasteiger partial charge in [0.15, 0.2) is 0 Å². The Morgan fingerprint density at radius 1 is 1.44 bits per heavy atom. The molecule has 0 aromatic carbocycles. The van der Waals surface area contributed by atoms with Crippen molar-refractivity contribution >= 4 is 5.91 Å². The average molecular weight is 256 g/mol. The molecule has 0 saturated heterocycles. The van der Waals surface area contributed by atoms with Gasteiger partial charge in [-0.2, -0.15) is 0 Å². The molecule has 4 heteroatoms. The van der Waals surface area contributed by atoms with Crippen LogP contribution < -0.4 is 10.6 Å². The van der Waals surface area contributed by atoms with Crippen LogP contribution in [0, 0.1) is 11.8 Å². The fraction of sp³-hybridized carbons (Fsp3) is 0.929. The number of ether oxygens (including phenoxy) is 1. The summed E-state index contributed by atoms with van der Waals surface area (Å²) in [5.74, 6) is 1.66. The van der Waals surface area contributed by atoms with Gasteiger partial charge in [-0.25, -0.2) is 0 Å². The first-order chi connectivity index (χ1) is 8.61. The molecule has 2 N–H and O–H groups in total. The molecule has 1 amide bonds. The van der Waals surface area contributed by atoms with Crippen LogP contribution in [0.4, 0.5) is 0 Å².